The number of ether oxygens (including phenoxy) is 1. The summed E-state index contributed by atoms with van der Waals surface area (Å²) in [5, 5.41) is 10.1. The van der Waals surface area contributed by atoms with Crippen molar-refractivity contribution in [2.24, 2.45) is 0 Å². The van der Waals surface area contributed by atoms with E-state index in [9.17, 15) is 5.11 Å². The Balaban J connectivity index is 3.45. The molecule has 14 heavy (non-hydrogen) atoms. The standard InChI is InChI=1S/C10H14ClNO2/c1-5-7(11)4-8(14-3)10(12)9(5)6(2)13/h4,6,13H,12H2,1-3H3. The molecule has 3 nitrogen and oxygen atoms in total. The number of rotatable bonds is 2. The van der Waals surface area contributed by atoms with Gasteiger partial charge in [0.2, 0.25) is 0 Å². The van der Waals surface area contributed by atoms with Crippen LogP contribution in [0.3, 0.4) is 0 Å². The third kappa shape index (κ3) is 1.79. The highest BCUT2D eigenvalue weighted by Gasteiger charge is 2.16. The molecule has 1 aromatic rings. The highest BCUT2D eigenvalue weighted by molar-refractivity contribution is 6.31. The zero-order valence-corrected chi connectivity index (χ0v) is 9.22. The van der Waals surface area contributed by atoms with Gasteiger partial charge in [0.25, 0.3) is 0 Å². The molecule has 3 N–H and O–H groups in total. The highest BCUT2D eigenvalue weighted by Crippen LogP contribution is 2.36. The van der Waals surface area contributed by atoms with Crippen LogP contribution in [0.4, 0.5) is 5.69 Å². The van der Waals surface area contributed by atoms with Crippen molar-refractivity contribution in [2.75, 3.05) is 12.8 Å². The summed E-state index contributed by atoms with van der Waals surface area (Å²) < 4.78 is 5.05. The molecule has 1 unspecified atom stereocenters. The monoisotopic (exact) mass is 215 g/mol. The Kier molecular flexibility index (Phi) is 3.24. The van der Waals surface area contributed by atoms with Crippen molar-refractivity contribution < 1.29 is 9.84 Å². The van der Waals surface area contributed by atoms with Gasteiger partial charge in [-0.1, -0.05) is 11.6 Å². The number of hydrogen-bond acceptors (Lipinski definition) is 3. The van der Waals surface area contributed by atoms with E-state index in [1.807, 2.05) is 6.92 Å². The molecule has 1 atom stereocenters. The number of nitrogen functional groups attached to an aromatic ring is 1. The van der Waals surface area contributed by atoms with Gasteiger partial charge >= 0.3 is 0 Å². The van der Waals surface area contributed by atoms with Crippen LogP contribution in [0.2, 0.25) is 5.02 Å². The Bertz CT molecular complexity index is 350. The van der Waals surface area contributed by atoms with E-state index in [4.69, 9.17) is 22.1 Å². The Labute approximate surface area is 88.4 Å². The molecule has 0 spiro atoms. The van der Waals surface area contributed by atoms with Gasteiger partial charge in [-0.2, -0.15) is 0 Å². The van der Waals surface area contributed by atoms with E-state index in [0.29, 0.717) is 22.0 Å². The van der Waals surface area contributed by atoms with E-state index in [1.54, 1.807) is 13.0 Å². The zero-order chi connectivity index (χ0) is 10.9. The maximum atomic E-state index is 9.54. The van der Waals surface area contributed by atoms with Crippen LogP contribution in [0.15, 0.2) is 6.07 Å². The molecule has 0 radical (unpaired) electrons. The summed E-state index contributed by atoms with van der Waals surface area (Å²) in [5.41, 5.74) is 7.69. The molecule has 0 fully saturated rings. The molecular weight excluding hydrogens is 202 g/mol. The number of halogens is 1. The summed E-state index contributed by atoms with van der Waals surface area (Å²) in [6.07, 6.45) is -0.650. The second-order valence-electron chi connectivity index (χ2n) is 3.19. The van der Waals surface area contributed by atoms with Crippen LogP contribution in [0.5, 0.6) is 5.75 Å². The SMILES string of the molecule is COc1cc(Cl)c(C)c(C(C)O)c1N. The van der Waals surface area contributed by atoms with E-state index >= 15 is 0 Å². The third-order valence-corrected chi connectivity index (χ3v) is 2.61. The minimum absolute atomic E-state index is 0.449. The van der Waals surface area contributed by atoms with E-state index in [2.05, 4.69) is 0 Å². The van der Waals surface area contributed by atoms with Crippen molar-refractivity contribution >= 4 is 17.3 Å². The fraction of sp³-hybridized carbons (Fsp3) is 0.400. The molecule has 0 saturated heterocycles. The minimum Gasteiger partial charge on any atom is -0.495 e. The average Bonchev–Trinajstić information content (AvgIpc) is 2.11. The summed E-state index contributed by atoms with van der Waals surface area (Å²) in [6.45, 7) is 3.47. The van der Waals surface area contributed by atoms with Gasteiger partial charge in [-0.25, -0.2) is 0 Å². The first-order valence-electron chi connectivity index (χ1n) is 4.29. The molecule has 0 aliphatic heterocycles. The van der Waals surface area contributed by atoms with E-state index in [0.717, 1.165) is 5.56 Å². The number of methoxy groups -OCH3 is 1. The van der Waals surface area contributed by atoms with Crippen LogP contribution in [0.1, 0.15) is 24.2 Å². The number of benzene rings is 1. The maximum Gasteiger partial charge on any atom is 0.143 e. The average molecular weight is 216 g/mol. The number of aliphatic hydroxyl groups is 1. The second-order valence-corrected chi connectivity index (χ2v) is 3.60. The van der Waals surface area contributed by atoms with Gasteiger partial charge in [-0.05, 0) is 19.4 Å². The van der Waals surface area contributed by atoms with Gasteiger partial charge in [0, 0.05) is 16.7 Å². The van der Waals surface area contributed by atoms with Gasteiger partial charge in [-0.15, -0.1) is 0 Å². The van der Waals surface area contributed by atoms with Crippen LogP contribution >= 0.6 is 11.6 Å². The predicted molar refractivity (Wildman–Crippen MR) is 57.8 cm³/mol. The first-order chi connectivity index (χ1) is 6.49. The normalized spacial score (nSPS) is 12.6. The molecule has 0 amide bonds. The lowest BCUT2D eigenvalue weighted by atomic mass is 10.0. The first-order valence-corrected chi connectivity index (χ1v) is 4.67. The topological polar surface area (TPSA) is 55.5 Å². The second kappa shape index (κ2) is 4.07. The summed E-state index contributed by atoms with van der Waals surface area (Å²) in [7, 11) is 1.52. The van der Waals surface area contributed by atoms with Crippen LogP contribution in [0, 0.1) is 6.92 Å². The summed E-state index contributed by atoms with van der Waals surface area (Å²) in [4.78, 5) is 0. The van der Waals surface area contributed by atoms with Crippen molar-refractivity contribution in [3.63, 3.8) is 0 Å². The molecule has 1 rings (SSSR count). The van der Waals surface area contributed by atoms with Crippen LogP contribution < -0.4 is 10.5 Å². The predicted octanol–water partition coefficient (Wildman–Crippen LogP) is 2.29. The Morgan fingerprint density at radius 1 is 1.57 bits per heavy atom. The largest absolute Gasteiger partial charge is 0.495 e. The number of anilines is 1. The van der Waals surface area contributed by atoms with Gasteiger partial charge in [0.15, 0.2) is 0 Å². The van der Waals surface area contributed by atoms with Crippen molar-refractivity contribution in [2.45, 2.75) is 20.0 Å². The van der Waals surface area contributed by atoms with Crippen LogP contribution in [-0.4, -0.2) is 12.2 Å². The van der Waals surface area contributed by atoms with E-state index in [-0.39, 0.29) is 0 Å². The third-order valence-electron chi connectivity index (χ3n) is 2.21. The molecular formula is C10H14ClNO2. The molecule has 0 aromatic heterocycles. The van der Waals surface area contributed by atoms with E-state index < -0.39 is 6.10 Å². The molecule has 78 valence electrons. The Morgan fingerprint density at radius 2 is 2.14 bits per heavy atom. The fourth-order valence-corrected chi connectivity index (χ4v) is 1.67. The maximum absolute atomic E-state index is 9.54. The highest BCUT2D eigenvalue weighted by atomic mass is 35.5. The molecule has 1 aromatic carbocycles. The summed E-state index contributed by atoms with van der Waals surface area (Å²) in [5.74, 6) is 0.497. The number of nitrogens with two attached hydrogens (primary N) is 1. The smallest absolute Gasteiger partial charge is 0.143 e. The molecule has 0 saturated carbocycles. The zero-order valence-electron chi connectivity index (χ0n) is 8.47. The van der Waals surface area contributed by atoms with Crippen molar-refractivity contribution in [3.05, 3.63) is 22.2 Å². The van der Waals surface area contributed by atoms with Crippen molar-refractivity contribution in [1.82, 2.24) is 0 Å². The minimum atomic E-state index is -0.650. The molecule has 4 heteroatoms. The lowest BCUT2D eigenvalue weighted by molar-refractivity contribution is 0.199. The number of aliphatic hydroxyl groups excluding tert-OH is 1. The van der Waals surface area contributed by atoms with Gasteiger partial charge in [-0.3, -0.25) is 0 Å². The van der Waals surface area contributed by atoms with Gasteiger partial charge < -0.3 is 15.6 Å². The van der Waals surface area contributed by atoms with Crippen LogP contribution in [-0.2, 0) is 0 Å². The molecule has 0 heterocycles. The van der Waals surface area contributed by atoms with Crippen LogP contribution in [0.25, 0.3) is 0 Å². The first kappa shape index (κ1) is 11.1. The molecule has 0 aliphatic rings. The summed E-state index contributed by atoms with van der Waals surface area (Å²) in [6, 6.07) is 1.65. The Morgan fingerprint density at radius 3 is 2.57 bits per heavy atom. The lowest BCUT2D eigenvalue weighted by Crippen LogP contribution is -2.04. The quantitative estimate of drug-likeness (QED) is 0.745. The fourth-order valence-electron chi connectivity index (χ4n) is 1.47. The van der Waals surface area contributed by atoms with Gasteiger partial charge in [0.05, 0.1) is 18.9 Å². The van der Waals surface area contributed by atoms with Crippen molar-refractivity contribution in [3.8, 4) is 5.75 Å². The van der Waals surface area contributed by atoms with E-state index in [1.165, 1.54) is 7.11 Å². The summed E-state index contributed by atoms with van der Waals surface area (Å²) >= 11 is 5.97. The van der Waals surface area contributed by atoms with Gasteiger partial charge in [0.1, 0.15) is 5.75 Å². The number of hydrogen-bond donors (Lipinski definition) is 2. The molecule has 0 bridgehead atoms. The Hall–Kier alpha value is -0.930. The lowest BCUT2D eigenvalue weighted by Gasteiger charge is -2.16. The molecule has 0 aliphatic carbocycles. The van der Waals surface area contributed by atoms with Crippen molar-refractivity contribution in [1.29, 1.82) is 0 Å².